The molecule has 0 saturated heterocycles. The van der Waals surface area contributed by atoms with E-state index in [4.69, 9.17) is 4.74 Å². The Kier molecular flexibility index (Phi) is 4.71. The predicted molar refractivity (Wildman–Crippen MR) is 91.1 cm³/mol. The molecular weight excluding hydrogens is 270 g/mol. The van der Waals surface area contributed by atoms with Gasteiger partial charge in [0, 0.05) is 6.42 Å². The molecule has 0 amide bonds. The Hall–Kier alpha value is -2.32. The molecule has 3 aromatic rings. The van der Waals surface area contributed by atoms with Crippen LogP contribution in [-0.2, 0) is 13.0 Å². The monoisotopic (exact) mass is 292 g/mol. The van der Waals surface area contributed by atoms with Crippen LogP contribution < -0.4 is 10.1 Å². The van der Waals surface area contributed by atoms with Crippen LogP contribution in [0.1, 0.15) is 11.1 Å². The van der Waals surface area contributed by atoms with Crippen molar-refractivity contribution >= 4 is 10.8 Å². The van der Waals surface area contributed by atoms with Gasteiger partial charge in [-0.1, -0.05) is 60.7 Å². The highest BCUT2D eigenvalue weighted by atomic mass is 16.5. The van der Waals surface area contributed by atoms with Gasteiger partial charge in [-0.3, -0.25) is 0 Å². The molecule has 0 bridgehead atoms. The van der Waals surface area contributed by atoms with Crippen molar-refractivity contribution in [2.24, 2.45) is 0 Å². The van der Waals surface area contributed by atoms with Crippen molar-refractivity contribution in [3.05, 3.63) is 77.9 Å². The van der Waals surface area contributed by atoms with E-state index in [1.165, 1.54) is 21.9 Å². The summed E-state index contributed by atoms with van der Waals surface area (Å²) >= 11 is 0. The molecule has 2 heteroatoms. The number of hydrogen-bond donors (Lipinski definition) is 1. The van der Waals surface area contributed by atoms with E-state index in [-0.39, 0.29) is 0 Å². The summed E-state index contributed by atoms with van der Waals surface area (Å²) in [6, 6.07) is 23.3. The zero-order valence-corrected chi connectivity index (χ0v) is 13.0. The maximum absolute atomic E-state index is 5.55. The number of fused-ring (bicyclic) bond motifs is 1. The van der Waals surface area contributed by atoms with Gasteiger partial charge in [0.1, 0.15) is 12.3 Å². The molecule has 112 valence electrons. The van der Waals surface area contributed by atoms with E-state index in [1.54, 1.807) is 7.11 Å². The van der Waals surface area contributed by atoms with Gasteiger partial charge < -0.3 is 10.1 Å². The Morgan fingerprint density at radius 3 is 2.45 bits per heavy atom. The third kappa shape index (κ3) is 3.29. The van der Waals surface area contributed by atoms with Gasteiger partial charge in [-0.25, -0.2) is 0 Å². The molecule has 22 heavy (non-hydrogen) atoms. The van der Waals surface area contributed by atoms with Crippen LogP contribution in [0.15, 0.2) is 66.7 Å². The average molecular weight is 292 g/mol. The first kappa shape index (κ1) is 14.6. The Balaban J connectivity index is 1.70. The van der Waals surface area contributed by atoms with E-state index in [2.05, 4.69) is 72.0 Å². The van der Waals surface area contributed by atoms with Crippen LogP contribution in [0.4, 0.5) is 0 Å². The fourth-order valence-electron chi connectivity index (χ4n) is 2.88. The van der Waals surface area contributed by atoms with Crippen molar-refractivity contribution < 1.29 is 10.1 Å². The van der Waals surface area contributed by atoms with Gasteiger partial charge in [-0.2, -0.15) is 0 Å². The molecule has 0 aromatic heterocycles. The molecule has 2 nitrogen and oxygen atoms in total. The highest BCUT2D eigenvalue weighted by Gasteiger charge is 2.09. The lowest BCUT2D eigenvalue weighted by molar-refractivity contribution is -0.670. The lowest BCUT2D eigenvalue weighted by Gasteiger charge is -2.11. The zero-order chi connectivity index (χ0) is 15.2. The largest absolute Gasteiger partial charge is 0.496 e. The number of ether oxygens (including phenoxy) is 1. The number of rotatable bonds is 6. The third-order valence-corrected chi connectivity index (χ3v) is 4.05. The van der Waals surface area contributed by atoms with Crippen molar-refractivity contribution in [2.75, 3.05) is 13.7 Å². The van der Waals surface area contributed by atoms with E-state index in [0.717, 1.165) is 25.3 Å². The summed E-state index contributed by atoms with van der Waals surface area (Å²) in [5.41, 5.74) is 2.68. The summed E-state index contributed by atoms with van der Waals surface area (Å²) in [6.45, 7) is 2.02. The normalized spacial score (nSPS) is 10.8. The van der Waals surface area contributed by atoms with Gasteiger partial charge in [0.05, 0.1) is 19.2 Å². The van der Waals surface area contributed by atoms with E-state index in [1.807, 2.05) is 0 Å². The molecule has 0 aliphatic heterocycles. The minimum atomic E-state index is 0.942. The molecule has 0 fully saturated rings. The Morgan fingerprint density at radius 1 is 0.864 bits per heavy atom. The van der Waals surface area contributed by atoms with Gasteiger partial charge in [-0.05, 0) is 22.4 Å². The molecule has 0 saturated carbocycles. The molecule has 0 atom stereocenters. The van der Waals surface area contributed by atoms with Crippen LogP contribution in [0.5, 0.6) is 5.75 Å². The highest BCUT2D eigenvalue weighted by molar-refractivity contribution is 5.87. The Labute approximate surface area is 131 Å². The highest BCUT2D eigenvalue weighted by Crippen LogP contribution is 2.26. The second kappa shape index (κ2) is 7.10. The summed E-state index contributed by atoms with van der Waals surface area (Å²) in [6.07, 6.45) is 1.09. The van der Waals surface area contributed by atoms with Crippen molar-refractivity contribution in [1.29, 1.82) is 0 Å². The summed E-state index contributed by atoms with van der Waals surface area (Å²) in [5.74, 6) is 0.981. The summed E-state index contributed by atoms with van der Waals surface area (Å²) in [5, 5.41) is 4.92. The zero-order valence-electron chi connectivity index (χ0n) is 13.0. The smallest absolute Gasteiger partial charge is 0.128 e. The average Bonchev–Trinajstić information content (AvgIpc) is 2.59. The number of benzene rings is 3. The molecule has 0 unspecified atom stereocenters. The topological polar surface area (TPSA) is 25.8 Å². The Bertz CT molecular complexity index is 737. The van der Waals surface area contributed by atoms with Crippen LogP contribution in [-0.4, -0.2) is 13.7 Å². The van der Waals surface area contributed by atoms with Crippen molar-refractivity contribution in [3.8, 4) is 5.75 Å². The fourth-order valence-corrected chi connectivity index (χ4v) is 2.88. The maximum atomic E-state index is 5.55. The SMILES string of the molecule is COc1ccc2ccccc2c1C[NH2+]CCc1ccccc1. The molecule has 0 radical (unpaired) electrons. The Morgan fingerprint density at radius 2 is 1.64 bits per heavy atom. The van der Waals surface area contributed by atoms with E-state index < -0.39 is 0 Å². The van der Waals surface area contributed by atoms with Gasteiger partial charge >= 0.3 is 0 Å². The fraction of sp³-hybridized carbons (Fsp3) is 0.200. The minimum absolute atomic E-state index is 0.942. The number of hydrogen-bond acceptors (Lipinski definition) is 1. The van der Waals surface area contributed by atoms with Gasteiger partial charge in [0.25, 0.3) is 0 Å². The lowest BCUT2D eigenvalue weighted by Crippen LogP contribution is -2.83. The van der Waals surface area contributed by atoms with Gasteiger partial charge in [0.2, 0.25) is 0 Å². The lowest BCUT2D eigenvalue weighted by atomic mass is 10.0. The second-order valence-electron chi connectivity index (χ2n) is 5.48. The second-order valence-corrected chi connectivity index (χ2v) is 5.48. The summed E-state index contributed by atoms with van der Waals surface area (Å²) in [7, 11) is 1.75. The standard InChI is InChI=1S/C20H21NO/c1-22-20-12-11-17-9-5-6-10-18(17)19(20)15-21-14-13-16-7-3-2-4-8-16/h2-12,21H,13-15H2,1H3/p+1. The van der Waals surface area contributed by atoms with Crippen LogP contribution in [0, 0.1) is 0 Å². The van der Waals surface area contributed by atoms with Gasteiger partial charge in [-0.15, -0.1) is 0 Å². The molecule has 3 rings (SSSR count). The van der Waals surface area contributed by atoms with Crippen LogP contribution >= 0.6 is 0 Å². The number of quaternary nitrogens is 1. The molecular formula is C20H22NO+. The predicted octanol–water partition coefficient (Wildman–Crippen LogP) is 3.15. The van der Waals surface area contributed by atoms with Crippen LogP contribution in [0.25, 0.3) is 10.8 Å². The number of nitrogens with two attached hydrogens (primary N) is 1. The minimum Gasteiger partial charge on any atom is -0.496 e. The third-order valence-electron chi connectivity index (χ3n) is 4.05. The maximum Gasteiger partial charge on any atom is 0.128 e. The first-order valence-corrected chi connectivity index (χ1v) is 7.78. The van der Waals surface area contributed by atoms with E-state index in [9.17, 15) is 0 Å². The molecule has 3 aromatic carbocycles. The summed E-state index contributed by atoms with van der Waals surface area (Å²) < 4.78 is 5.55. The molecule has 2 N–H and O–H groups in total. The number of methoxy groups -OCH3 is 1. The van der Waals surface area contributed by atoms with E-state index >= 15 is 0 Å². The first-order chi connectivity index (χ1) is 10.9. The van der Waals surface area contributed by atoms with Crippen molar-refractivity contribution in [1.82, 2.24) is 0 Å². The quantitative estimate of drug-likeness (QED) is 0.694. The van der Waals surface area contributed by atoms with Crippen molar-refractivity contribution in [3.63, 3.8) is 0 Å². The molecule has 0 heterocycles. The van der Waals surface area contributed by atoms with Gasteiger partial charge in [0.15, 0.2) is 0 Å². The van der Waals surface area contributed by atoms with Crippen LogP contribution in [0.3, 0.4) is 0 Å². The van der Waals surface area contributed by atoms with Crippen LogP contribution in [0.2, 0.25) is 0 Å². The molecule has 0 spiro atoms. The van der Waals surface area contributed by atoms with E-state index in [0.29, 0.717) is 0 Å². The first-order valence-electron chi connectivity index (χ1n) is 7.78. The van der Waals surface area contributed by atoms with Crippen molar-refractivity contribution in [2.45, 2.75) is 13.0 Å². The summed E-state index contributed by atoms with van der Waals surface area (Å²) in [4.78, 5) is 0. The molecule has 0 aliphatic rings. The molecule has 0 aliphatic carbocycles.